The zero-order valence-corrected chi connectivity index (χ0v) is 12.8. The summed E-state index contributed by atoms with van der Waals surface area (Å²) >= 11 is 0. The average molecular weight is 283 g/mol. The van der Waals surface area contributed by atoms with Gasteiger partial charge in [-0.1, -0.05) is 20.8 Å². The Balaban J connectivity index is 2.05. The lowest BCUT2D eigenvalue weighted by molar-refractivity contribution is 0.468. The van der Waals surface area contributed by atoms with Gasteiger partial charge in [-0.15, -0.1) is 0 Å². The summed E-state index contributed by atoms with van der Waals surface area (Å²) in [6.45, 7) is 7.39. The molecule has 0 radical (unpaired) electrons. The number of imidazole rings is 1. The molecular weight excluding hydrogens is 262 g/mol. The lowest BCUT2D eigenvalue weighted by atomic mass is 9.95. The summed E-state index contributed by atoms with van der Waals surface area (Å²) in [5.74, 6) is 2.07. The molecule has 2 aromatic heterocycles. The summed E-state index contributed by atoms with van der Waals surface area (Å²) < 4.78 is 7.71. The number of aromatic nitrogens is 2. The number of anilines is 1. The topological polar surface area (TPSA) is 57.0 Å². The first-order valence-corrected chi connectivity index (χ1v) is 7.24. The van der Waals surface area contributed by atoms with Gasteiger partial charge in [-0.25, -0.2) is 4.98 Å². The lowest BCUT2D eigenvalue weighted by Gasteiger charge is -2.20. The smallest absolute Gasteiger partial charge is 0.115 e. The van der Waals surface area contributed by atoms with E-state index in [1.807, 2.05) is 24.3 Å². The van der Waals surface area contributed by atoms with Crippen LogP contribution in [0.1, 0.15) is 32.4 Å². The van der Waals surface area contributed by atoms with Gasteiger partial charge in [0.2, 0.25) is 0 Å². The maximum Gasteiger partial charge on any atom is 0.115 e. The predicted molar refractivity (Wildman–Crippen MR) is 85.3 cm³/mol. The van der Waals surface area contributed by atoms with E-state index >= 15 is 0 Å². The highest BCUT2D eigenvalue weighted by atomic mass is 16.3. The fraction of sp³-hybridized carbons (Fsp3) is 0.353. The molecule has 0 amide bonds. The molecule has 0 bridgehead atoms. The van der Waals surface area contributed by atoms with Crippen molar-refractivity contribution in [2.45, 2.75) is 39.2 Å². The van der Waals surface area contributed by atoms with Crippen LogP contribution in [0.3, 0.4) is 0 Å². The molecule has 0 atom stereocenters. The molecule has 2 heterocycles. The van der Waals surface area contributed by atoms with Crippen LogP contribution < -0.4 is 5.73 Å². The first kappa shape index (κ1) is 13.7. The molecule has 0 spiro atoms. The number of fused-ring (bicyclic) bond motifs is 1. The number of hydrogen-bond donors (Lipinski definition) is 1. The number of rotatable bonds is 3. The fourth-order valence-corrected chi connectivity index (χ4v) is 2.62. The molecule has 0 saturated heterocycles. The Labute approximate surface area is 124 Å². The molecular formula is C17H21N3O. The van der Waals surface area contributed by atoms with Crippen molar-refractivity contribution in [1.29, 1.82) is 0 Å². The molecule has 0 fully saturated rings. The van der Waals surface area contributed by atoms with E-state index in [-0.39, 0.29) is 5.41 Å². The SMILES string of the molecule is CC(C)(C)c1nc2cc(N)ccc2n1CCc1ccco1. The number of nitrogen functional groups attached to an aromatic ring is 1. The minimum Gasteiger partial charge on any atom is -0.469 e. The quantitative estimate of drug-likeness (QED) is 0.745. The summed E-state index contributed by atoms with van der Waals surface area (Å²) in [5, 5.41) is 0. The molecule has 3 aromatic rings. The number of nitrogens with zero attached hydrogens (tertiary/aromatic N) is 2. The third-order valence-electron chi connectivity index (χ3n) is 3.61. The monoisotopic (exact) mass is 283 g/mol. The molecule has 0 saturated carbocycles. The second kappa shape index (κ2) is 4.95. The Bertz CT molecular complexity index is 748. The maximum absolute atomic E-state index is 5.88. The molecule has 110 valence electrons. The van der Waals surface area contributed by atoms with Crippen molar-refractivity contribution in [2.24, 2.45) is 0 Å². The van der Waals surface area contributed by atoms with E-state index in [1.165, 1.54) is 0 Å². The normalized spacial score (nSPS) is 12.1. The highest BCUT2D eigenvalue weighted by molar-refractivity contribution is 5.79. The Hall–Kier alpha value is -2.23. The minimum absolute atomic E-state index is 0.0169. The van der Waals surface area contributed by atoms with Crippen molar-refractivity contribution in [3.8, 4) is 0 Å². The summed E-state index contributed by atoms with van der Waals surface area (Å²) in [4.78, 5) is 4.80. The van der Waals surface area contributed by atoms with Crippen molar-refractivity contribution >= 4 is 16.7 Å². The van der Waals surface area contributed by atoms with Crippen LogP contribution in [0.5, 0.6) is 0 Å². The molecule has 21 heavy (non-hydrogen) atoms. The number of benzene rings is 1. The van der Waals surface area contributed by atoms with Crippen LogP contribution in [-0.2, 0) is 18.4 Å². The van der Waals surface area contributed by atoms with Crippen molar-refractivity contribution < 1.29 is 4.42 Å². The zero-order valence-electron chi connectivity index (χ0n) is 12.8. The predicted octanol–water partition coefficient (Wildman–Crippen LogP) is 3.75. The Morgan fingerprint density at radius 3 is 2.71 bits per heavy atom. The first-order chi connectivity index (χ1) is 9.95. The number of furan rings is 1. The van der Waals surface area contributed by atoms with Crippen LogP contribution in [-0.4, -0.2) is 9.55 Å². The molecule has 1 aromatic carbocycles. The highest BCUT2D eigenvalue weighted by Crippen LogP contribution is 2.27. The zero-order chi connectivity index (χ0) is 15.0. The van der Waals surface area contributed by atoms with Crippen LogP contribution in [0.2, 0.25) is 0 Å². The third kappa shape index (κ3) is 2.66. The summed E-state index contributed by atoms with van der Waals surface area (Å²) in [7, 11) is 0. The van der Waals surface area contributed by atoms with Gasteiger partial charge >= 0.3 is 0 Å². The molecule has 2 N–H and O–H groups in total. The van der Waals surface area contributed by atoms with Gasteiger partial charge in [0.1, 0.15) is 11.6 Å². The average Bonchev–Trinajstić information content (AvgIpc) is 3.01. The largest absolute Gasteiger partial charge is 0.469 e. The van der Waals surface area contributed by atoms with Gasteiger partial charge in [-0.05, 0) is 30.3 Å². The van der Waals surface area contributed by atoms with Crippen molar-refractivity contribution in [3.63, 3.8) is 0 Å². The van der Waals surface area contributed by atoms with E-state index in [4.69, 9.17) is 15.1 Å². The first-order valence-electron chi connectivity index (χ1n) is 7.24. The van der Waals surface area contributed by atoms with Gasteiger partial charge < -0.3 is 14.7 Å². The fourth-order valence-electron chi connectivity index (χ4n) is 2.62. The third-order valence-corrected chi connectivity index (χ3v) is 3.61. The van der Waals surface area contributed by atoms with E-state index < -0.39 is 0 Å². The summed E-state index contributed by atoms with van der Waals surface area (Å²) in [5.41, 5.74) is 8.69. The molecule has 3 rings (SSSR count). The van der Waals surface area contributed by atoms with Crippen LogP contribution >= 0.6 is 0 Å². The van der Waals surface area contributed by atoms with Gasteiger partial charge in [-0.3, -0.25) is 0 Å². The summed E-state index contributed by atoms with van der Waals surface area (Å²) in [6, 6.07) is 9.85. The Kier molecular flexibility index (Phi) is 3.24. The molecule has 0 unspecified atom stereocenters. The Morgan fingerprint density at radius 2 is 2.05 bits per heavy atom. The van der Waals surface area contributed by atoms with Gasteiger partial charge in [0.25, 0.3) is 0 Å². The van der Waals surface area contributed by atoms with E-state index in [9.17, 15) is 0 Å². The van der Waals surface area contributed by atoms with Crippen LogP contribution in [0, 0.1) is 0 Å². The van der Waals surface area contributed by atoms with Crippen molar-refractivity contribution in [1.82, 2.24) is 9.55 Å². The van der Waals surface area contributed by atoms with Crippen LogP contribution in [0.15, 0.2) is 41.0 Å². The minimum atomic E-state index is -0.0169. The maximum atomic E-state index is 5.88. The van der Waals surface area contributed by atoms with Gasteiger partial charge in [0.05, 0.1) is 17.3 Å². The van der Waals surface area contributed by atoms with E-state index in [1.54, 1.807) is 6.26 Å². The summed E-state index contributed by atoms with van der Waals surface area (Å²) in [6.07, 6.45) is 2.57. The molecule has 0 aliphatic carbocycles. The van der Waals surface area contributed by atoms with Crippen molar-refractivity contribution in [3.05, 3.63) is 48.2 Å². The number of hydrogen-bond acceptors (Lipinski definition) is 3. The van der Waals surface area contributed by atoms with Gasteiger partial charge in [0, 0.05) is 24.1 Å². The highest BCUT2D eigenvalue weighted by Gasteiger charge is 2.22. The van der Waals surface area contributed by atoms with Crippen LogP contribution in [0.25, 0.3) is 11.0 Å². The standard InChI is InChI=1S/C17H21N3O/c1-17(2,3)16-19-14-11-12(18)6-7-15(14)20(16)9-8-13-5-4-10-21-13/h4-7,10-11H,8-9,18H2,1-3H3. The van der Waals surface area contributed by atoms with Gasteiger partial charge in [-0.2, -0.15) is 0 Å². The second-order valence-corrected chi connectivity index (χ2v) is 6.41. The Morgan fingerprint density at radius 1 is 1.24 bits per heavy atom. The van der Waals surface area contributed by atoms with Gasteiger partial charge in [0.15, 0.2) is 0 Å². The van der Waals surface area contributed by atoms with E-state index in [0.29, 0.717) is 0 Å². The lowest BCUT2D eigenvalue weighted by Crippen LogP contribution is -2.19. The molecule has 0 aliphatic heterocycles. The molecule has 4 heteroatoms. The van der Waals surface area contributed by atoms with Crippen molar-refractivity contribution in [2.75, 3.05) is 5.73 Å². The molecule has 4 nitrogen and oxygen atoms in total. The number of nitrogens with two attached hydrogens (primary N) is 1. The van der Waals surface area contributed by atoms with E-state index in [2.05, 4.69) is 31.4 Å². The number of aryl methyl sites for hydroxylation is 2. The van der Waals surface area contributed by atoms with Crippen LogP contribution in [0.4, 0.5) is 5.69 Å². The second-order valence-electron chi connectivity index (χ2n) is 6.41. The molecule has 0 aliphatic rings. The van der Waals surface area contributed by atoms with E-state index in [0.717, 1.165) is 41.3 Å².